The van der Waals surface area contributed by atoms with Gasteiger partial charge in [0.25, 0.3) is 0 Å². The zero-order valence-electron chi connectivity index (χ0n) is 11.8. The molecule has 0 aliphatic carbocycles. The molecule has 3 heterocycles. The molecule has 0 aliphatic rings. The van der Waals surface area contributed by atoms with E-state index in [1.54, 1.807) is 20.9 Å². The summed E-state index contributed by atoms with van der Waals surface area (Å²) in [5.74, 6) is 1.35. The van der Waals surface area contributed by atoms with Crippen LogP contribution in [-0.4, -0.2) is 38.8 Å². The van der Waals surface area contributed by atoms with E-state index in [0.717, 1.165) is 10.6 Å². The van der Waals surface area contributed by atoms with Crippen molar-refractivity contribution in [3.63, 3.8) is 0 Å². The van der Waals surface area contributed by atoms with Gasteiger partial charge in [-0.25, -0.2) is 0 Å². The lowest BCUT2D eigenvalue weighted by Crippen LogP contribution is -2.17. The van der Waals surface area contributed by atoms with Crippen molar-refractivity contribution in [1.82, 2.24) is 24.7 Å². The van der Waals surface area contributed by atoms with Crippen molar-refractivity contribution in [2.45, 2.75) is 6.54 Å². The lowest BCUT2D eigenvalue weighted by molar-refractivity contribution is 0.654. The smallest absolute Gasteiger partial charge is 0.229 e. The summed E-state index contributed by atoms with van der Waals surface area (Å²) < 4.78 is 1.79. The first kappa shape index (κ1) is 13.5. The third-order valence-electron chi connectivity index (χ3n) is 2.80. The van der Waals surface area contributed by atoms with Crippen molar-refractivity contribution < 1.29 is 0 Å². The third kappa shape index (κ3) is 3.00. The largest absolute Gasteiger partial charge is 0.368 e. The zero-order chi connectivity index (χ0) is 14.8. The molecule has 0 spiro atoms. The predicted octanol–water partition coefficient (Wildman–Crippen LogP) is 1.49. The molecule has 21 heavy (non-hydrogen) atoms. The molecule has 3 aromatic heterocycles. The van der Waals surface area contributed by atoms with Crippen LogP contribution < -0.4 is 10.6 Å². The highest BCUT2D eigenvalue weighted by molar-refractivity contribution is 7.13. The summed E-state index contributed by atoms with van der Waals surface area (Å²) in [5.41, 5.74) is 6.66. The van der Waals surface area contributed by atoms with Gasteiger partial charge >= 0.3 is 0 Å². The number of aromatic nitrogens is 5. The number of nitrogens with two attached hydrogens (primary N) is 1. The number of nitrogens with zero attached hydrogens (tertiary/aromatic N) is 6. The number of hydrogen-bond acceptors (Lipinski definition) is 7. The van der Waals surface area contributed by atoms with Gasteiger partial charge in [0.05, 0.1) is 4.88 Å². The monoisotopic (exact) mass is 301 g/mol. The van der Waals surface area contributed by atoms with Crippen molar-refractivity contribution >= 4 is 23.2 Å². The summed E-state index contributed by atoms with van der Waals surface area (Å²) in [7, 11) is 3.72. The average Bonchev–Trinajstić information content (AvgIpc) is 3.08. The summed E-state index contributed by atoms with van der Waals surface area (Å²) in [4.78, 5) is 15.5. The van der Waals surface area contributed by atoms with E-state index in [9.17, 15) is 0 Å². The number of rotatable bonds is 4. The fraction of sp³-hybridized carbons (Fsp3) is 0.231. The minimum atomic E-state index is 0.217. The molecule has 0 radical (unpaired) electrons. The molecule has 3 rings (SSSR count). The van der Waals surface area contributed by atoms with E-state index in [2.05, 4.69) is 20.1 Å². The van der Waals surface area contributed by atoms with Gasteiger partial charge in [-0.2, -0.15) is 20.1 Å². The van der Waals surface area contributed by atoms with Crippen LogP contribution in [0.2, 0.25) is 0 Å². The lowest BCUT2D eigenvalue weighted by atomic mass is 10.3. The van der Waals surface area contributed by atoms with E-state index in [0.29, 0.717) is 18.3 Å². The van der Waals surface area contributed by atoms with Crippen molar-refractivity contribution in [3.8, 4) is 10.6 Å². The second kappa shape index (κ2) is 5.49. The van der Waals surface area contributed by atoms with Gasteiger partial charge in [0, 0.05) is 20.3 Å². The van der Waals surface area contributed by atoms with E-state index in [-0.39, 0.29) is 5.95 Å². The minimum absolute atomic E-state index is 0.217. The van der Waals surface area contributed by atoms with E-state index in [1.807, 2.05) is 43.9 Å². The van der Waals surface area contributed by atoms with Crippen LogP contribution in [0.4, 0.5) is 11.9 Å². The summed E-state index contributed by atoms with van der Waals surface area (Å²) in [6.07, 6.45) is 1.91. The van der Waals surface area contributed by atoms with Gasteiger partial charge in [-0.1, -0.05) is 6.07 Å². The van der Waals surface area contributed by atoms with E-state index >= 15 is 0 Å². The first-order chi connectivity index (χ1) is 10.1. The quantitative estimate of drug-likeness (QED) is 0.786. The van der Waals surface area contributed by atoms with Gasteiger partial charge < -0.3 is 10.6 Å². The summed E-state index contributed by atoms with van der Waals surface area (Å²) >= 11 is 1.66. The number of hydrogen-bond donors (Lipinski definition) is 1. The molecule has 0 atom stereocenters. The third-order valence-corrected chi connectivity index (χ3v) is 3.70. The normalized spacial score (nSPS) is 10.8. The molecule has 0 saturated carbocycles. The molecule has 0 aromatic carbocycles. The summed E-state index contributed by atoms with van der Waals surface area (Å²) in [6, 6.07) is 6.03. The van der Waals surface area contributed by atoms with Crippen LogP contribution in [0.3, 0.4) is 0 Å². The number of nitrogen functional groups attached to an aromatic ring is 1. The Balaban J connectivity index is 1.84. The molecule has 0 saturated heterocycles. The molecule has 3 aromatic rings. The van der Waals surface area contributed by atoms with Gasteiger partial charge in [0.2, 0.25) is 11.9 Å². The SMILES string of the molecule is CN(C)c1nc(N)nc(Cn2ccc(-c3cccs3)n2)n1. The Morgan fingerprint density at radius 1 is 1.24 bits per heavy atom. The molecule has 7 nitrogen and oxygen atoms in total. The fourth-order valence-electron chi connectivity index (χ4n) is 1.85. The Bertz CT molecular complexity index is 733. The van der Waals surface area contributed by atoms with Crippen LogP contribution in [0.15, 0.2) is 29.8 Å². The van der Waals surface area contributed by atoms with Crippen LogP contribution in [0.5, 0.6) is 0 Å². The highest BCUT2D eigenvalue weighted by atomic mass is 32.1. The van der Waals surface area contributed by atoms with Crippen LogP contribution in [0.25, 0.3) is 10.6 Å². The Kier molecular flexibility index (Phi) is 3.53. The topological polar surface area (TPSA) is 85.8 Å². The molecule has 0 bridgehead atoms. The molecule has 0 unspecified atom stereocenters. The number of thiophene rings is 1. The zero-order valence-corrected chi connectivity index (χ0v) is 12.6. The molecule has 0 aliphatic heterocycles. The maximum Gasteiger partial charge on any atom is 0.229 e. The Labute approximate surface area is 126 Å². The van der Waals surface area contributed by atoms with Crippen LogP contribution >= 0.6 is 11.3 Å². The van der Waals surface area contributed by atoms with Crippen LogP contribution in [-0.2, 0) is 6.54 Å². The highest BCUT2D eigenvalue weighted by Gasteiger charge is 2.08. The van der Waals surface area contributed by atoms with Crippen molar-refractivity contribution in [1.29, 1.82) is 0 Å². The van der Waals surface area contributed by atoms with Crippen LogP contribution in [0, 0.1) is 0 Å². The molecule has 0 amide bonds. The predicted molar refractivity (Wildman–Crippen MR) is 83.2 cm³/mol. The molecule has 2 N–H and O–H groups in total. The molecule has 8 heteroatoms. The lowest BCUT2D eigenvalue weighted by Gasteiger charge is -2.11. The first-order valence-corrected chi connectivity index (χ1v) is 7.25. The van der Waals surface area contributed by atoms with Gasteiger partial charge in [0.1, 0.15) is 12.2 Å². The summed E-state index contributed by atoms with van der Waals surface area (Å²) in [6.45, 7) is 0.457. The molecule has 108 valence electrons. The van der Waals surface area contributed by atoms with Crippen LogP contribution in [0.1, 0.15) is 5.82 Å². The standard InChI is InChI=1S/C13H15N7S/c1-19(2)13-16-11(15-12(14)17-13)8-20-6-5-9(18-20)10-4-3-7-21-10/h3-7H,8H2,1-2H3,(H2,14,15,16,17). The Hall–Kier alpha value is -2.48. The van der Waals surface area contributed by atoms with E-state index < -0.39 is 0 Å². The maximum absolute atomic E-state index is 5.72. The molecular formula is C13H15N7S. The van der Waals surface area contributed by atoms with Gasteiger partial charge in [-0.3, -0.25) is 4.68 Å². The van der Waals surface area contributed by atoms with Gasteiger partial charge in [0.15, 0.2) is 5.82 Å². The minimum Gasteiger partial charge on any atom is -0.368 e. The fourth-order valence-corrected chi connectivity index (χ4v) is 2.54. The summed E-state index contributed by atoms with van der Waals surface area (Å²) in [5, 5.41) is 6.56. The first-order valence-electron chi connectivity index (χ1n) is 6.37. The van der Waals surface area contributed by atoms with Crippen molar-refractivity contribution in [2.24, 2.45) is 0 Å². The molecule has 0 fully saturated rings. The maximum atomic E-state index is 5.72. The van der Waals surface area contributed by atoms with Crippen molar-refractivity contribution in [3.05, 3.63) is 35.6 Å². The van der Waals surface area contributed by atoms with E-state index in [1.165, 1.54) is 0 Å². The highest BCUT2D eigenvalue weighted by Crippen LogP contribution is 2.22. The van der Waals surface area contributed by atoms with Gasteiger partial charge in [-0.15, -0.1) is 11.3 Å². The van der Waals surface area contributed by atoms with E-state index in [4.69, 9.17) is 5.73 Å². The van der Waals surface area contributed by atoms with Crippen molar-refractivity contribution in [2.75, 3.05) is 24.7 Å². The Morgan fingerprint density at radius 3 is 2.81 bits per heavy atom. The van der Waals surface area contributed by atoms with Gasteiger partial charge in [-0.05, 0) is 17.5 Å². The molecular weight excluding hydrogens is 286 g/mol. The average molecular weight is 301 g/mol. The second-order valence-electron chi connectivity index (χ2n) is 4.68. The number of anilines is 2. The second-order valence-corrected chi connectivity index (χ2v) is 5.63. The Morgan fingerprint density at radius 2 is 2.10 bits per heavy atom.